The van der Waals surface area contributed by atoms with E-state index in [1.165, 1.54) is 6.33 Å². The molecular formula is C26H28Cl2FN5O4. The lowest BCUT2D eigenvalue weighted by Gasteiger charge is -2.35. The summed E-state index contributed by atoms with van der Waals surface area (Å²) in [6.45, 7) is 3.73. The standard InChI is InChI=1S/C26H28Cl2FN5O4/c1-33-5-7-34(8-6-33)23-17(4-3-15(27)22(23)28)32-26-14-9-19(35-2)20(10-18(14)30-13-31-26)38-21-12-37-24-16(29)11-36-25(21)24/h3-4,9-10,13,16,21,24-25H,5-8,11-12H2,1-2H3,(H,30,31,32)/t16-,21-,24?,25+/m1/s1. The third-order valence-electron chi connectivity index (χ3n) is 7.29. The van der Waals surface area contributed by atoms with Gasteiger partial charge in [0.25, 0.3) is 0 Å². The van der Waals surface area contributed by atoms with Gasteiger partial charge in [0.1, 0.15) is 24.4 Å². The monoisotopic (exact) mass is 563 g/mol. The SMILES string of the molecule is COc1cc2c(Nc3ccc(Cl)c(Cl)c3N3CCN(C)CC3)ncnc2cc1O[C@@H]1COC2[C@H](F)CO[C@H]21. The normalized spacial score (nSPS) is 25.6. The molecule has 38 heavy (non-hydrogen) atoms. The van der Waals surface area contributed by atoms with Gasteiger partial charge in [-0.25, -0.2) is 14.4 Å². The maximum Gasteiger partial charge on any atom is 0.164 e. The van der Waals surface area contributed by atoms with E-state index >= 15 is 0 Å². The Hall–Kier alpha value is -2.63. The molecule has 1 unspecified atom stereocenters. The van der Waals surface area contributed by atoms with Crippen LogP contribution in [0.4, 0.5) is 21.6 Å². The second-order valence-electron chi connectivity index (χ2n) is 9.68. The van der Waals surface area contributed by atoms with Gasteiger partial charge in [0.2, 0.25) is 0 Å². The number of nitrogens with zero attached hydrogens (tertiary/aromatic N) is 4. The molecule has 3 fully saturated rings. The van der Waals surface area contributed by atoms with Gasteiger partial charge in [-0.15, -0.1) is 0 Å². The Kier molecular flexibility index (Phi) is 7.09. The molecule has 3 aliphatic rings. The van der Waals surface area contributed by atoms with E-state index in [-0.39, 0.29) is 13.2 Å². The van der Waals surface area contributed by atoms with E-state index in [2.05, 4.69) is 32.1 Å². The lowest BCUT2D eigenvalue weighted by Crippen LogP contribution is -2.44. The minimum atomic E-state index is -1.15. The lowest BCUT2D eigenvalue weighted by molar-refractivity contribution is 0.0271. The molecule has 4 heterocycles. The number of methoxy groups -OCH3 is 1. The van der Waals surface area contributed by atoms with Crippen LogP contribution in [-0.2, 0) is 9.47 Å². The quantitative estimate of drug-likeness (QED) is 0.471. The van der Waals surface area contributed by atoms with E-state index in [0.717, 1.165) is 42.9 Å². The van der Waals surface area contributed by atoms with Crippen molar-refractivity contribution in [3.8, 4) is 11.5 Å². The zero-order valence-electron chi connectivity index (χ0n) is 21.0. The number of benzene rings is 2. The molecule has 1 aromatic heterocycles. The molecule has 3 saturated heterocycles. The first kappa shape index (κ1) is 25.6. The van der Waals surface area contributed by atoms with Crippen molar-refractivity contribution < 1.29 is 23.3 Å². The van der Waals surface area contributed by atoms with Gasteiger partial charge < -0.3 is 34.1 Å². The maximum atomic E-state index is 14.0. The average Bonchev–Trinajstić information content (AvgIpc) is 3.49. The van der Waals surface area contributed by atoms with Gasteiger partial charge in [-0.3, -0.25) is 0 Å². The molecule has 0 spiro atoms. The minimum absolute atomic E-state index is 0.0110. The van der Waals surface area contributed by atoms with Crippen molar-refractivity contribution >= 4 is 51.3 Å². The summed E-state index contributed by atoms with van der Waals surface area (Å²) >= 11 is 13.1. The molecule has 3 aromatic rings. The minimum Gasteiger partial charge on any atom is -0.493 e. The molecule has 0 saturated carbocycles. The van der Waals surface area contributed by atoms with Gasteiger partial charge in [-0.05, 0) is 25.2 Å². The number of alkyl halides is 1. The molecule has 202 valence electrons. The topological polar surface area (TPSA) is 81.2 Å². The number of hydrogen-bond donors (Lipinski definition) is 1. The summed E-state index contributed by atoms with van der Waals surface area (Å²) in [5, 5.41) is 5.16. The van der Waals surface area contributed by atoms with Crippen LogP contribution in [0.5, 0.6) is 11.5 Å². The third kappa shape index (κ3) is 4.69. The first-order chi connectivity index (χ1) is 18.4. The Morgan fingerprint density at radius 2 is 1.82 bits per heavy atom. The zero-order valence-corrected chi connectivity index (χ0v) is 22.5. The van der Waals surface area contributed by atoms with Crippen LogP contribution in [0, 0.1) is 0 Å². The molecule has 9 nitrogen and oxygen atoms in total. The summed E-state index contributed by atoms with van der Waals surface area (Å²) in [5.41, 5.74) is 2.27. The fourth-order valence-electron chi connectivity index (χ4n) is 5.20. The maximum absolute atomic E-state index is 14.0. The van der Waals surface area contributed by atoms with E-state index in [9.17, 15) is 4.39 Å². The fraction of sp³-hybridized carbons (Fsp3) is 0.462. The largest absolute Gasteiger partial charge is 0.493 e. The van der Waals surface area contributed by atoms with E-state index in [4.69, 9.17) is 42.1 Å². The van der Waals surface area contributed by atoms with Crippen molar-refractivity contribution in [3.63, 3.8) is 0 Å². The number of aromatic nitrogens is 2. The molecule has 4 atom stereocenters. The molecule has 0 amide bonds. The summed E-state index contributed by atoms with van der Waals surface area (Å²) in [6.07, 6.45) is -1.18. The number of ether oxygens (including phenoxy) is 4. The number of nitrogens with one attached hydrogen (secondary N) is 1. The Bertz CT molecular complexity index is 1340. The van der Waals surface area contributed by atoms with Crippen LogP contribution in [0.15, 0.2) is 30.6 Å². The van der Waals surface area contributed by atoms with Crippen molar-refractivity contribution in [2.24, 2.45) is 0 Å². The molecule has 0 bridgehead atoms. The Morgan fingerprint density at radius 1 is 1.03 bits per heavy atom. The second-order valence-corrected chi connectivity index (χ2v) is 10.5. The molecule has 2 aromatic carbocycles. The molecule has 0 aliphatic carbocycles. The number of halogens is 3. The van der Waals surface area contributed by atoms with Gasteiger partial charge in [-0.1, -0.05) is 23.2 Å². The van der Waals surface area contributed by atoms with E-state index < -0.39 is 24.5 Å². The van der Waals surface area contributed by atoms with E-state index in [1.54, 1.807) is 19.2 Å². The highest BCUT2D eigenvalue weighted by Crippen LogP contribution is 2.42. The van der Waals surface area contributed by atoms with E-state index in [0.29, 0.717) is 32.9 Å². The molecular weight excluding hydrogens is 536 g/mol. The zero-order chi connectivity index (χ0) is 26.4. The second kappa shape index (κ2) is 10.5. The van der Waals surface area contributed by atoms with Crippen molar-refractivity contribution in [1.82, 2.24) is 14.9 Å². The summed E-state index contributed by atoms with van der Waals surface area (Å²) in [5.74, 6) is 1.54. The molecule has 6 rings (SSSR count). The van der Waals surface area contributed by atoms with Crippen LogP contribution in [-0.4, -0.2) is 92.9 Å². The number of fused-ring (bicyclic) bond motifs is 2. The Morgan fingerprint density at radius 3 is 2.61 bits per heavy atom. The van der Waals surface area contributed by atoms with Crippen LogP contribution in [0.25, 0.3) is 10.9 Å². The van der Waals surface area contributed by atoms with Gasteiger partial charge >= 0.3 is 0 Å². The van der Waals surface area contributed by atoms with Gasteiger partial charge in [-0.2, -0.15) is 0 Å². The molecule has 12 heteroatoms. The predicted molar refractivity (Wildman–Crippen MR) is 144 cm³/mol. The highest BCUT2D eigenvalue weighted by atomic mass is 35.5. The Balaban J connectivity index is 1.32. The lowest BCUT2D eigenvalue weighted by atomic mass is 10.1. The number of rotatable bonds is 6. The summed E-state index contributed by atoms with van der Waals surface area (Å²) < 4.78 is 37.0. The fourth-order valence-corrected chi connectivity index (χ4v) is 5.64. The summed E-state index contributed by atoms with van der Waals surface area (Å²) in [4.78, 5) is 13.5. The predicted octanol–water partition coefficient (Wildman–Crippen LogP) is 4.32. The molecule has 1 N–H and O–H groups in total. The number of likely N-dealkylation sites (N-methyl/N-ethyl adjacent to an activating group) is 1. The van der Waals surface area contributed by atoms with Crippen LogP contribution >= 0.6 is 23.2 Å². The first-order valence-electron chi connectivity index (χ1n) is 12.5. The summed E-state index contributed by atoms with van der Waals surface area (Å²) in [7, 11) is 3.66. The van der Waals surface area contributed by atoms with E-state index in [1.807, 2.05) is 12.1 Å². The van der Waals surface area contributed by atoms with Crippen LogP contribution in [0.1, 0.15) is 0 Å². The highest BCUT2D eigenvalue weighted by Gasteiger charge is 2.49. The molecule has 0 radical (unpaired) electrons. The van der Waals surface area contributed by atoms with Crippen molar-refractivity contribution in [1.29, 1.82) is 0 Å². The van der Waals surface area contributed by atoms with Crippen molar-refractivity contribution in [2.45, 2.75) is 24.5 Å². The van der Waals surface area contributed by atoms with Crippen LogP contribution < -0.4 is 19.7 Å². The highest BCUT2D eigenvalue weighted by molar-refractivity contribution is 6.44. The third-order valence-corrected chi connectivity index (χ3v) is 8.08. The van der Waals surface area contributed by atoms with Gasteiger partial charge in [0.15, 0.2) is 23.8 Å². The van der Waals surface area contributed by atoms with Gasteiger partial charge in [0.05, 0.1) is 47.3 Å². The smallest absolute Gasteiger partial charge is 0.164 e. The molecule has 3 aliphatic heterocycles. The average molecular weight is 564 g/mol. The van der Waals surface area contributed by atoms with Crippen LogP contribution in [0.2, 0.25) is 10.0 Å². The van der Waals surface area contributed by atoms with Gasteiger partial charge in [0, 0.05) is 37.6 Å². The number of piperazine rings is 1. The van der Waals surface area contributed by atoms with Crippen molar-refractivity contribution in [3.05, 3.63) is 40.6 Å². The summed E-state index contributed by atoms with van der Waals surface area (Å²) in [6, 6.07) is 7.28. The first-order valence-corrected chi connectivity index (χ1v) is 13.2. The van der Waals surface area contributed by atoms with Crippen molar-refractivity contribution in [2.75, 3.05) is 63.8 Å². The Labute approximate surface area is 229 Å². The number of hydrogen-bond acceptors (Lipinski definition) is 9. The van der Waals surface area contributed by atoms with Crippen LogP contribution in [0.3, 0.4) is 0 Å². The number of anilines is 3.